The third-order valence-electron chi connectivity index (χ3n) is 3.24. The first-order chi connectivity index (χ1) is 8.50. The molecule has 0 fully saturated rings. The molecule has 0 radical (unpaired) electrons. The van der Waals surface area contributed by atoms with Crippen molar-refractivity contribution < 1.29 is 17.9 Å². The van der Waals surface area contributed by atoms with Crippen molar-refractivity contribution in [3.05, 3.63) is 29.8 Å². The smallest absolute Gasteiger partial charge is 0.406 e. The predicted octanol–water partition coefficient (Wildman–Crippen LogP) is 4.38. The van der Waals surface area contributed by atoms with Crippen LogP contribution in [0.15, 0.2) is 24.3 Å². The first-order valence-electron chi connectivity index (χ1n) is 6.09. The van der Waals surface area contributed by atoms with Gasteiger partial charge in [-0.2, -0.15) is 0 Å². The fraction of sp³-hybridized carbons (Fsp3) is 0.571. The van der Waals surface area contributed by atoms with E-state index in [-0.39, 0.29) is 17.3 Å². The Morgan fingerprint density at radius 2 is 1.53 bits per heavy atom. The molecule has 0 aliphatic heterocycles. The highest BCUT2D eigenvalue weighted by atomic mass is 19.4. The summed E-state index contributed by atoms with van der Waals surface area (Å²) in [5.41, 5.74) is 0.938. The summed E-state index contributed by atoms with van der Waals surface area (Å²) in [6.45, 7) is 8.28. The highest BCUT2D eigenvalue weighted by molar-refractivity contribution is 5.29. The lowest BCUT2D eigenvalue weighted by molar-refractivity contribution is -0.274. The van der Waals surface area contributed by atoms with Crippen LogP contribution in [0.4, 0.5) is 13.2 Å². The van der Waals surface area contributed by atoms with E-state index in [1.54, 1.807) is 12.1 Å². The number of benzene rings is 1. The molecular weight excluding hydrogens is 255 g/mol. The number of nitrogens with zero attached hydrogens (tertiary/aromatic N) is 1. The number of hydrogen-bond donors (Lipinski definition) is 0. The molecule has 0 N–H and O–H groups in total. The van der Waals surface area contributed by atoms with E-state index in [0.717, 1.165) is 5.56 Å². The monoisotopic (exact) mass is 275 g/mol. The highest BCUT2D eigenvalue weighted by Gasteiger charge is 2.31. The van der Waals surface area contributed by atoms with Gasteiger partial charge in [0.1, 0.15) is 5.75 Å². The van der Waals surface area contributed by atoms with Crippen LogP contribution in [0.1, 0.15) is 39.3 Å². The van der Waals surface area contributed by atoms with E-state index in [1.807, 2.05) is 14.0 Å². The van der Waals surface area contributed by atoms with Gasteiger partial charge in [0, 0.05) is 11.6 Å². The normalized spacial score (nSPS) is 14.6. The molecule has 1 atom stereocenters. The lowest BCUT2D eigenvalue weighted by Gasteiger charge is -2.37. The third kappa shape index (κ3) is 4.74. The second-order valence-corrected chi connectivity index (χ2v) is 5.57. The standard InChI is InChI=1S/C14H20F3NO/c1-10(18(5)13(2,3)4)11-6-8-12(9-7-11)19-14(15,16)17/h6-10H,1-5H3/t10-/m1/s1. The summed E-state index contributed by atoms with van der Waals surface area (Å²) in [6, 6.07) is 6.12. The van der Waals surface area contributed by atoms with Crippen molar-refractivity contribution in [3.8, 4) is 5.75 Å². The third-order valence-corrected chi connectivity index (χ3v) is 3.24. The Kier molecular flexibility index (Phi) is 4.50. The van der Waals surface area contributed by atoms with Crippen molar-refractivity contribution in [1.29, 1.82) is 0 Å². The summed E-state index contributed by atoms with van der Waals surface area (Å²) in [5, 5.41) is 0. The summed E-state index contributed by atoms with van der Waals surface area (Å²) < 4.78 is 40.0. The molecule has 1 aromatic rings. The number of ether oxygens (including phenoxy) is 1. The fourth-order valence-electron chi connectivity index (χ4n) is 1.75. The van der Waals surface area contributed by atoms with Gasteiger partial charge >= 0.3 is 6.36 Å². The van der Waals surface area contributed by atoms with Crippen LogP contribution in [0.25, 0.3) is 0 Å². The molecule has 0 amide bonds. The van der Waals surface area contributed by atoms with Crippen molar-refractivity contribution in [1.82, 2.24) is 4.90 Å². The van der Waals surface area contributed by atoms with Crippen LogP contribution in [0.2, 0.25) is 0 Å². The summed E-state index contributed by atoms with van der Waals surface area (Å²) in [7, 11) is 1.99. The molecule has 0 bridgehead atoms. The van der Waals surface area contributed by atoms with E-state index < -0.39 is 6.36 Å². The zero-order valence-electron chi connectivity index (χ0n) is 11.9. The van der Waals surface area contributed by atoms with Crippen molar-refractivity contribution in [2.75, 3.05) is 7.05 Å². The molecule has 5 heteroatoms. The van der Waals surface area contributed by atoms with Gasteiger partial charge in [-0.25, -0.2) is 0 Å². The zero-order valence-corrected chi connectivity index (χ0v) is 11.9. The second-order valence-electron chi connectivity index (χ2n) is 5.57. The molecule has 1 rings (SSSR count). The zero-order chi connectivity index (χ0) is 14.8. The predicted molar refractivity (Wildman–Crippen MR) is 69.1 cm³/mol. The number of rotatable bonds is 3. The molecule has 108 valence electrons. The SMILES string of the molecule is C[C@H](c1ccc(OC(F)(F)F)cc1)N(C)C(C)(C)C. The van der Waals surface area contributed by atoms with Crippen LogP contribution in [0.3, 0.4) is 0 Å². The van der Waals surface area contributed by atoms with E-state index in [9.17, 15) is 13.2 Å². The molecule has 0 saturated carbocycles. The largest absolute Gasteiger partial charge is 0.573 e. The quantitative estimate of drug-likeness (QED) is 0.811. The molecule has 0 aromatic heterocycles. The summed E-state index contributed by atoms with van der Waals surface area (Å²) in [4.78, 5) is 2.16. The van der Waals surface area contributed by atoms with Crippen LogP contribution >= 0.6 is 0 Å². The summed E-state index contributed by atoms with van der Waals surface area (Å²) in [6.07, 6.45) is -4.64. The maximum Gasteiger partial charge on any atom is 0.573 e. The van der Waals surface area contributed by atoms with Crippen molar-refractivity contribution in [2.45, 2.75) is 45.6 Å². The molecule has 0 spiro atoms. The minimum atomic E-state index is -4.64. The fourth-order valence-corrected chi connectivity index (χ4v) is 1.75. The van der Waals surface area contributed by atoms with Gasteiger partial charge in [-0.15, -0.1) is 13.2 Å². The van der Waals surface area contributed by atoms with E-state index in [0.29, 0.717) is 0 Å². The van der Waals surface area contributed by atoms with Gasteiger partial charge in [0.15, 0.2) is 0 Å². The van der Waals surface area contributed by atoms with Gasteiger partial charge in [0.05, 0.1) is 0 Å². The molecule has 19 heavy (non-hydrogen) atoms. The lowest BCUT2D eigenvalue weighted by atomic mass is 10.00. The molecule has 0 saturated heterocycles. The Bertz CT molecular complexity index is 406. The summed E-state index contributed by atoms with van der Waals surface area (Å²) in [5.74, 6) is -0.193. The van der Waals surface area contributed by atoms with Gasteiger partial charge in [0.2, 0.25) is 0 Å². The van der Waals surface area contributed by atoms with Gasteiger partial charge in [-0.1, -0.05) is 12.1 Å². The van der Waals surface area contributed by atoms with E-state index >= 15 is 0 Å². The number of alkyl halides is 3. The average Bonchev–Trinajstić information content (AvgIpc) is 2.24. The Morgan fingerprint density at radius 3 is 1.89 bits per heavy atom. The Hall–Kier alpha value is -1.23. The molecular formula is C14H20F3NO. The Labute approximate surface area is 112 Å². The summed E-state index contributed by atoms with van der Waals surface area (Å²) >= 11 is 0. The van der Waals surface area contributed by atoms with Crippen LogP contribution in [0, 0.1) is 0 Å². The van der Waals surface area contributed by atoms with E-state index in [2.05, 4.69) is 30.4 Å². The number of halogens is 3. The maximum atomic E-state index is 12.1. The Balaban J connectivity index is 2.82. The van der Waals surface area contributed by atoms with Gasteiger partial charge in [0.25, 0.3) is 0 Å². The van der Waals surface area contributed by atoms with Crippen LogP contribution < -0.4 is 4.74 Å². The highest BCUT2D eigenvalue weighted by Crippen LogP contribution is 2.28. The molecule has 1 aromatic carbocycles. The average molecular weight is 275 g/mol. The minimum Gasteiger partial charge on any atom is -0.406 e. The lowest BCUT2D eigenvalue weighted by Crippen LogP contribution is -2.39. The number of hydrogen-bond acceptors (Lipinski definition) is 2. The van der Waals surface area contributed by atoms with Crippen LogP contribution in [-0.4, -0.2) is 23.8 Å². The maximum absolute atomic E-state index is 12.1. The topological polar surface area (TPSA) is 12.5 Å². The van der Waals surface area contributed by atoms with Gasteiger partial charge < -0.3 is 4.74 Å². The molecule has 0 unspecified atom stereocenters. The first kappa shape index (κ1) is 15.8. The first-order valence-corrected chi connectivity index (χ1v) is 6.09. The van der Waals surface area contributed by atoms with Gasteiger partial charge in [-0.05, 0) is 52.4 Å². The van der Waals surface area contributed by atoms with Gasteiger partial charge in [-0.3, -0.25) is 4.90 Å². The molecule has 0 heterocycles. The molecule has 2 nitrogen and oxygen atoms in total. The van der Waals surface area contributed by atoms with Crippen molar-refractivity contribution >= 4 is 0 Å². The van der Waals surface area contributed by atoms with Crippen LogP contribution in [-0.2, 0) is 0 Å². The van der Waals surface area contributed by atoms with E-state index in [4.69, 9.17) is 0 Å². The van der Waals surface area contributed by atoms with Crippen LogP contribution in [0.5, 0.6) is 5.75 Å². The van der Waals surface area contributed by atoms with Crippen molar-refractivity contribution in [3.63, 3.8) is 0 Å². The van der Waals surface area contributed by atoms with E-state index in [1.165, 1.54) is 12.1 Å². The minimum absolute atomic E-state index is 0.0133. The van der Waals surface area contributed by atoms with Crippen molar-refractivity contribution in [2.24, 2.45) is 0 Å². The Morgan fingerprint density at radius 1 is 1.05 bits per heavy atom. The molecule has 0 aliphatic carbocycles. The second kappa shape index (κ2) is 5.41. The molecule has 0 aliphatic rings.